The van der Waals surface area contributed by atoms with Gasteiger partial charge in [-0.2, -0.15) is 5.26 Å². The maximum absolute atomic E-state index is 12.1. The molecule has 0 amide bonds. The van der Waals surface area contributed by atoms with Gasteiger partial charge in [0.1, 0.15) is 18.0 Å². The fourth-order valence-corrected chi connectivity index (χ4v) is 2.61. The lowest BCUT2D eigenvalue weighted by Crippen LogP contribution is -2.16. The molecule has 3 aromatic rings. The SMILES string of the molecule is N#Cc1ccc(OCc2cc(=O)n3cc(Br)ccc3n2)c(Cl)c1. The zero-order chi connectivity index (χ0) is 16.4. The summed E-state index contributed by atoms with van der Waals surface area (Å²) in [6, 6.07) is 11.7. The molecule has 0 radical (unpaired) electrons. The minimum atomic E-state index is -0.194. The number of halogens is 2. The van der Waals surface area contributed by atoms with Crippen LogP contribution in [0.15, 0.2) is 51.9 Å². The molecule has 0 saturated heterocycles. The van der Waals surface area contributed by atoms with Crippen LogP contribution in [-0.4, -0.2) is 9.38 Å². The van der Waals surface area contributed by atoms with Gasteiger partial charge in [-0.3, -0.25) is 9.20 Å². The van der Waals surface area contributed by atoms with Crippen LogP contribution in [0.3, 0.4) is 0 Å². The van der Waals surface area contributed by atoms with Gasteiger partial charge in [-0.25, -0.2) is 4.98 Å². The van der Waals surface area contributed by atoms with Gasteiger partial charge in [-0.05, 0) is 46.3 Å². The molecule has 7 heteroatoms. The third-order valence-corrected chi connectivity index (χ3v) is 3.88. The minimum absolute atomic E-state index is 0.105. The van der Waals surface area contributed by atoms with E-state index in [0.29, 0.717) is 27.7 Å². The summed E-state index contributed by atoms with van der Waals surface area (Å²) in [4.78, 5) is 16.5. The van der Waals surface area contributed by atoms with Crippen LogP contribution in [-0.2, 0) is 6.61 Å². The number of aromatic nitrogens is 2. The number of rotatable bonds is 3. The lowest BCUT2D eigenvalue weighted by atomic mass is 10.2. The van der Waals surface area contributed by atoms with Gasteiger partial charge in [-0.15, -0.1) is 0 Å². The van der Waals surface area contributed by atoms with Crippen LogP contribution in [0.25, 0.3) is 5.65 Å². The summed E-state index contributed by atoms with van der Waals surface area (Å²) in [5, 5.41) is 9.15. The van der Waals surface area contributed by atoms with Crippen molar-refractivity contribution in [3.8, 4) is 11.8 Å². The molecule has 0 bridgehead atoms. The first-order valence-electron chi connectivity index (χ1n) is 6.57. The molecule has 2 aromatic heterocycles. The average Bonchev–Trinajstić information content (AvgIpc) is 2.54. The maximum atomic E-state index is 12.1. The molecule has 0 aliphatic rings. The van der Waals surface area contributed by atoms with Gasteiger partial charge < -0.3 is 4.74 Å². The Hall–Kier alpha value is -2.36. The molecule has 114 valence electrons. The molecule has 3 rings (SSSR count). The van der Waals surface area contributed by atoms with E-state index in [9.17, 15) is 4.79 Å². The van der Waals surface area contributed by atoms with Crippen molar-refractivity contribution in [1.82, 2.24) is 9.38 Å². The molecule has 0 N–H and O–H groups in total. The molecular formula is C16H9BrClN3O2. The monoisotopic (exact) mass is 389 g/mol. The second-order valence-electron chi connectivity index (χ2n) is 4.71. The standard InChI is InChI=1S/C16H9BrClN3O2/c17-11-2-4-15-20-12(6-16(22)21(15)8-11)9-23-14-3-1-10(7-19)5-13(14)18/h1-6,8H,9H2. The second-order valence-corrected chi connectivity index (χ2v) is 6.03. The highest BCUT2D eigenvalue weighted by molar-refractivity contribution is 9.10. The largest absolute Gasteiger partial charge is 0.486 e. The van der Waals surface area contributed by atoms with E-state index in [0.717, 1.165) is 4.47 Å². The number of benzene rings is 1. The van der Waals surface area contributed by atoms with Gasteiger partial charge in [0.2, 0.25) is 0 Å². The normalized spacial score (nSPS) is 10.5. The summed E-state index contributed by atoms with van der Waals surface area (Å²) in [6.45, 7) is 0.105. The molecule has 0 aliphatic carbocycles. The van der Waals surface area contributed by atoms with E-state index >= 15 is 0 Å². The Morgan fingerprint density at radius 2 is 2.13 bits per heavy atom. The van der Waals surface area contributed by atoms with Crippen LogP contribution in [0, 0.1) is 11.3 Å². The van der Waals surface area contributed by atoms with Crippen molar-refractivity contribution < 1.29 is 4.74 Å². The van der Waals surface area contributed by atoms with E-state index in [1.165, 1.54) is 16.5 Å². The molecular weight excluding hydrogens is 382 g/mol. The number of fused-ring (bicyclic) bond motifs is 1. The number of ether oxygens (including phenoxy) is 1. The number of hydrogen-bond donors (Lipinski definition) is 0. The first kappa shape index (κ1) is 15.5. The van der Waals surface area contributed by atoms with E-state index < -0.39 is 0 Å². The van der Waals surface area contributed by atoms with Crippen molar-refractivity contribution in [3.63, 3.8) is 0 Å². The van der Waals surface area contributed by atoms with Crippen LogP contribution in [0.2, 0.25) is 5.02 Å². The zero-order valence-corrected chi connectivity index (χ0v) is 14.0. The van der Waals surface area contributed by atoms with Crippen molar-refractivity contribution in [2.45, 2.75) is 6.61 Å². The van der Waals surface area contributed by atoms with Gasteiger partial charge >= 0.3 is 0 Å². The van der Waals surface area contributed by atoms with Crippen LogP contribution >= 0.6 is 27.5 Å². The minimum Gasteiger partial charge on any atom is -0.486 e. The first-order chi connectivity index (χ1) is 11.1. The van der Waals surface area contributed by atoms with Crippen molar-refractivity contribution in [1.29, 1.82) is 5.26 Å². The van der Waals surface area contributed by atoms with Crippen molar-refractivity contribution in [3.05, 3.63) is 73.7 Å². The predicted octanol–water partition coefficient (Wildman–Crippen LogP) is 3.56. The highest BCUT2D eigenvalue weighted by Gasteiger charge is 2.07. The van der Waals surface area contributed by atoms with Crippen molar-refractivity contribution in [2.24, 2.45) is 0 Å². The molecule has 2 heterocycles. The highest BCUT2D eigenvalue weighted by atomic mass is 79.9. The quantitative estimate of drug-likeness (QED) is 0.686. The van der Waals surface area contributed by atoms with E-state index in [2.05, 4.69) is 20.9 Å². The van der Waals surface area contributed by atoms with Crippen molar-refractivity contribution in [2.75, 3.05) is 0 Å². The van der Waals surface area contributed by atoms with Crippen LogP contribution < -0.4 is 10.3 Å². The lowest BCUT2D eigenvalue weighted by molar-refractivity contribution is 0.301. The number of nitrogens with zero attached hydrogens (tertiary/aromatic N) is 3. The van der Waals surface area contributed by atoms with Gasteiger partial charge in [0.15, 0.2) is 0 Å². The molecule has 0 saturated carbocycles. The Bertz CT molecular complexity index is 995. The number of pyridine rings is 1. The fraction of sp³-hybridized carbons (Fsp3) is 0.0625. The van der Waals surface area contributed by atoms with E-state index in [1.807, 2.05) is 12.1 Å². The molecule has 0 fully saturated rings. The average molecular weight is 391 g/mol. The van der Waals surface area contributed by atoms with Crippen LogP contribution in [0.4, 0.5) is 0 Å². The van der Waals surface area contributed by atoms with Crippen molar-refractivity contribution >= 4 is 33.2 Å². The fourth-order valence-electron chi connectivity index (χ4n) is 2.04. The Morgan fingerprint density at radius 1 is 1.30 bits per heavy atom. The Morgan fingerprint density at radius 3 is 2.87 bits per heavy atom. The predicted molar refractivity (Wildman–Crippen MR) is 89.7 cm³/mol. The third-order valence-electron chi connectivity index (χ3n) is 3.11. The van der Waals surface area contributed by atoms with Gasteiger partial charge in [-0.1, -0.05) is 11.6 Å². The van der Waals surface area contributed by atoms with Gasteiger partial charge in [0.25, 0.3) is 5.56 Å². The summed E-state index contributed by atoms with van der Waals surface area (Å²) in [5.41, 5.74) is 1.29. The summed E-state index contributed by atoms with van der Waals surface area (Å²) < 4.78 is 7.83. The van der Waals surface area contributed by atoms with Gasteiger partial charge in [0, 0.05) is 16.7 Å². The van der Waals surface area contributed by atoms with E-state index in [4.69, 9.17) is 21.6 Å². The smallest absolute Gasteiger partial charge is 0.258 e. The molecule has 1 aromatic carbocycles. The summed E-state index contributed by atoms with van der Waals surface area (Å²) >= 11 is 9.37. The van der Waals surface area contributed by atoms with E-state index in [-0.39, 0.29) is 12.2 Å². The first-order valence-corrected chi connectivity index (χ1v) is 7.74. The summed E-state index contributed by atoms with van der Waals surface area (Å²) in [6.07, 6.45) is 1.66. The Labute approximate surface area is 144 Å². The number of hydrogen-bond acceptors (Lipinski definition) is 4. The Kier molecular flexibility index (Phi) is 4.33. The topological polar surface area (TPSA) is 67.4 Å². The summed E-state index contributed by atoms with van der Waals surface area (Å²) in [5.74, 6) is 0.434. The molecule has 0 spiro atoms. The van der Waals surface area contributed by atoms with E-state index in [1.54, 1.807) is 24.4 Å². The molecule has 0 atom stereocenters. The number of nitriles is 1. The van der Waals surface area contributed by atoms with Gasteiger partial charge in [0.05, 0.1) is 22.3 Å². The molecule has 23 heavy (non-hydrogen) atoms. The van der Waals surface area contributed by atoms with Crippen LogP contribution in [0.1, 0.15) is 11.3 Å². The molecule has 5 nitrogen and oxygen atoms in total. The third kappa shape index (κ3) is 3.36. The van der Waals surface area contributed by atoms with Crippen LogP contribution in [0.5, 0.6) is 5.75 Å². The zero-order valence-electron chi connectivity index (χ0n) is 11.7. The Balaban J connectivity index is 1.86. The molecule has 0 aliphatic heterocycles. The second kappa shape index (κ2) is 6.41. The maximum Gasteiger partial charge on any atom is 0.258 e. The molecule has 0 unspecified atom stereocenters. The highest BCUT2D eigenvalue weighted by Crippen LogP contribution is 2.25. The lowest BCUT2D eigenvalue weighted by Gasteiger charge is -2.08. The summed E-state index contributed by atoms with van der Waals surface area (Å²) in [7, 11) is 0.